The van der Waals surface area contributed by atoms with Crippen molar-refractivity contribution in [3.05, 3.63) is 90.3 Å². The van der Waals surface area contributed by atoms with Crippen LogP contribution in [0.5, 0.6) is 0 Å². The molecule has 2 aromatic carbocycles. The molecule has 6 nitrogen and oxygen atoms in total. The molecule has 1 amide bonds. The van der Waals surface area contributed by atoms with Crippen molar-refractivity contribution in [3.8, 4) is 11.4 Å². The van der Waals surface area contributed by atoms with E-state index in [1.165, 1.54) is 11.8 Å². The van der Waals surface area contributed by atoms with Gasteiger partial charge in [-0.05, 0) is 42.3 Å². The van der Waals surface area contributed by atoms with Gasteiger partial charge in [-0.25, -0.2) is 0 Å². The molecule has 2 heterocycles. The maximum absolute atomic E-state index is 13.3. The summed E-state index contributed by atoms with van der Waals surface area (Å²) in [5.41, 5.74) is 4.03. The molecule has 4 aromatic rings. The maximum atomic E-state index is 13.3. The van der Waals surface area contributed by atoms with E-state index in [-0.39, 0.29) is 11.7 Å². The molecular weight excluding hydrogens is 406 g/mol. The third-order valence-corrected chi connectivity index (χ3v) is 5.90. The van der Waals surface area contributed by atoms with Crippen molar-refractivity contribution >= 4 is 23.4 Å². The molecule has 0 aliphatic heterocycles. The van der Waals surface area contributed by atoms with Crippen molar-refractivity contribution in [2.75, 3.05) is 10.7 Å². The summed E-state index contributed by atoms with van der Waals surface area (Å²) in [5, 5.41) is 9.26. The molecule has 0 N–H and O–H groups in total. The number of nitrogens with zero attached hydrogens (tertiary/aromatic N) is 5. The number of rotatable bonds is 7. The molecule has 0 aliphatic carbocycles. The lowest BCUT2D eigenvalue weighted by Gasteiger charge is -2.23. The molecular formula is C24H23N5OS. The Bertz CT molecular complexity index is 1160. The molecule has 0 radical (unpaired) electrons. The number of carbonyl (C=O) groups is 1. The number of aryl methyl sites for hydroxylation is 1. The van der Waals surface area contributed by atoms with Crippen LogP contribution in [0.2, 0.25) is 0 Å². The first-order chi connectivity index (χ1) is 15.1. The first kappa shape index (κ1) is 20.8. The lowest BCUT2D eigenvalue weighted by Crippen LogP contribution is -2.32. The molecule has 0 fully saturated rings. The zero-order chi connectivity index (χ0) is 21.6. The topological polar surface area (TPSA) is 63.9 Å². The van der Waals surface area contributed by atoms with Gasteiger partial charge in [0.2, 0.25) is 5.91 Å². The highest BCUT2D eigenvalue weighted by Crippen LogP contribution is 2.24. The van der Waals surface area contributed by atoms with Crippen molar-refractivity contribution < 1.29 is 4.79 Å². The smallest absolute Gasteiger partial charge is 0.237 e. The van der Waals surface area contributed by atoms with E-state index in [0.717, 1.165) is 28.2 Å². The molecule has 156 valence electrons. The minimum Gasteiger partial charge on any atom is -0.307 e. The molecule has 0 saturated heterocycles. The van der Waals surface area contributed by atoms with E-state index in [4.69, 9.17) is 0 Å². The summed E-state index contributed by atoms with van der Waals surface area (Å²) in [6, 6.07) is 21.8. The van der Waals surface area contributed by atoms with Crippen LogP contribution in [0.25, 0.3) is 11.4 Å². The fraction of sp³-hybridized carbons (Fsp3) is 0.167. The van der Waals surface area contributed by atoms with Gasteiger partial charge in [0.05, 0.1) is 12.3 Å². The second kappa shape index (κ2) is 9.57. The maximum Gasteiger partial charge on any atom is 0.237 e. The van der Waals surface area contributed by atoms with Crippen molar-refractivity contribution in [2.45, 2.75) is 18.6 Å². The van der Waals surface area contributed by atoms with Crippen molar-refractivity contribution in [2.24, 2.45) is 7.05 Å². The molecule has 0 atom stereocenters. The molecule has 0 aliphatic rings. The van der Waals surface area contributed by atoms with E-state index < -0.39 is 0 Å². The highest BCUT2D eigenvalue weighted by atomic mass is 32.2. The zero-order valence-corrected chi connectivity index (χ0v) is 18.3. The molecule has 2 aromatic heterocycles. The van der Waals surface area contributed by atoms with Gasteiger partial charge in [0, 0.05) is 30.7 Å². The van der Waals surface area contributed by atoms with Crippen LogP contribution in [-0.2, 0) is 18.4 Å². The molecule has 0 unspecified atom stereocenters. The first-order valence-corrected chi connectivity index (χ1v) is 10.9. The lowest BCUT2D eigenvalue weighted by molar-refractivity contribution is -0.116. The van der Waals surface area contributed by atoms with E-state index in [9.17, 15) is 4.79 Å². The minimum atomic E-state index is 0.0212. The molecule has 7 heteroatoms. The minimum absolute atomic E-state index is 0.0212. The molecule has 31 heavy (non-hydrogen) atoms. The quantitative estimate of drug-likeness (QED) is 0.405. The Hall–Kier alpha value is -3.45. The first-order valence-electron chi connectivity index (χ1n) is 9.95. The third kappa shape index (κ3) is 5.00. The molecule has 0 spiro atoms. The molecule has 4 rings (SSSR count). The number of anilines is 1. The Balaban J connectivity index is 1.52. The summed E-state index contributed by atoms with van der Waals surface area (Å²) in [6.07, 6.45) is 3.45. The number of benzene rings is 2. The fourth-order valence-electron chi connectivity index (χ4n) is 3.28. The summed E-state index contributed by atoms with van der Waals surface area (Å²) in [6.45, 7) is 2.55. The third-order valence-electron chi connectivity index (χ3n) is 4.90. The number of thioether (sulfide) groups is 1. The number of hydrogen-bond donors (Lipinski definition) is 0. The Morgan fingerprint density at radius 3 is 2.52 bits per heavy atom. The Morgan fingerprint density at radius 1 is 1.00 bits per heavy atom. The van der Waals surface area contributed by atoms with Crippen LogP contribution in [0.15, 0.2) is 84.3 Å². The molecule has 0 bridgehead atoms. The van der Waals surface area contributed by atoms with Crippen LogP contribution in [-0.4, -0.2) is 31.4 Å². The predicted molar refractivity (Wildman–Crippen MR) is 124 cm³/mol. The second-order valence-electron chi connectivity index (χ2n) is 7.19. The van der Waals surface area contributed by atoms with Gasteiger partial charge in [0.1, 0.15) is 0 Å². The van der Waals surface area contributed by atoms with Crippen LogP contribution >= 0.6 is 11.8 Å². The Labute approximate surface area is 186 Å². The highest BCUT2D eigenvalue weighted by Gasteiger charge is 2.19. The number of hydrogen-bond acceptors (Lipinski definition) is 5. The van der Waals surface area contributed by atoms with Gasteiger partial charge in [0.25, 0.3) is 0 Å². The number of carbonyl (C=O) groups excluding carboxylic acids is 1. The average molecular weight is 430 g/mol. The van der Waals surface area contributed by atoms with Crippen LogP contribution in [0.3, 0.4) is 0 Å². The summed E-state index contributed by atoms with van der Waals surface area (Å²) in [7, 11) is 1.91. The van der Waals surface area contributed by atoms with Crippen LogP contribution in [0.4, 0.5) is 5.69 Å². The SMILES string of the molecule is Cc1cccc(N(Cc2ccccc2)C(=O)CSc2nnc(-c3ccncc3)n2C)c1. The normalized spacial score (nSPS) is 10.8. The van der Waals surface area contributed by atoms with Crippen molar-refractivity contribution in [1.29, 1.82) is 0 Å². The lowest BCUT2D eigenvalue weighted by atomic mass is 10.1. The van der Waals surface area contributed by atoms with Gasteiger partial charge < -0.3 is 9.47 Å². The number of pyridine rings is 1. The Kier molecular flexibility index (Phi) is 6.43. The fourth-order valence-corrected chi connectivity index (χ4v) is 4.07. The van der Waals surface area contributed by atoms with E-state index in [2.05, 4.69) is 15.2 Å². The van der Waals surface area contributed by atoms with Gasteiger partial charge in [-0.1, -0.05) is 54.2 Å². The number of aromatic nitrogens is 4. The summed E-state index contributed by atoms with van der Waals surface area (Å²) < 4.78 is 1.90. The average Bonchev–Trinajstić information content (AvgIpc) is 3.17. The Morgan fingerprint density at radius 2 is 1.77 bits per heavy atom. The summed E-state index contributed by atoms with van der Waals surface area (Å²) >= 11 is 1.39. The van der Waals surface area contributed by atoms with E-state index in [1.54, 1.807) is 12.4 Å². The van der Waals surface area contributed by atoms with Crippen molar-refractivity contribution in [1.82, 2.24) is 19.7 Å². The van der Waals surface area contributed by atoms with Gasteiger partial charge in [-0.15, -0.1) is 10.2 Å². The van der Waals surface area contributed by atoms with Gasteiger partial charge in [-0.2, -0.15) is 0 Å². The van der Waals surface area contributed by atoms with Crippen LogP contribution in [0, 0.1) is 6.92 Å². The van der Waals surface area contributed by atoms with Crippen molar-refractivity contribution in [3.63, 3.8) is 0 Å². The molecule has 0 saturated carbocycles. The second-order valence-corrected chi connectivity index (χ2v) is 8.14. The largest absolute Gasteiger partial charge is 0.307 e. The standard InChI is InChI=1S/C24H23N5OS/c1-18-7-6-10-21(15-18)29(16-19-8-4-3-5-9-19)22(30)17-31-24-27-26-23(28(24)2)20-11-13-25-14-12-20/h3-15H,16-17H2,1-2H3. The zero-order valence-electron chi connectivity index (χ0n) is 17.5. The summed E-state index contributed by atoms with van der Waals surface area (Å²) in [4.78, 5) is 19.1. The van der Waals surface area contributed by atoms with E-state index >= 15 is 0 Å². The highest BCUT2D eigenvalue weighted by molar-refractivity contribution is 7.99. The van der Waals surface area contributed by atoms with Crippen LogP contribution < -0.4 is 4.90 Å². The van der Waals surface area contributed by atoms with Gasteiger partial charge >= 0.3 is 0 Å². The van der Waals surface area contributed by atoms with Gasteiger partial charge in [0.15, 0.2) is 11.0 Å². The van der Waals surface area contributed by atoms with E-state index in [1.807, 2.05) is 90.2 Å². The van der Waals surface area contributed by atoms with Crippen LogP contribution in [0.1, 0.15) is 11.1 Å². The van der Waals surface area contributed by atoms with Gasteiger partial charge in [-0.3, -0.25) is 9.78 Å². The monoisotopic (exact) mass is 429 g/mol. The summed E-state index contributed by atoms with van der Waals surface area (Å²) in [5.74, 6) is 1.04. The van der Waals surface area contributed by atoms with E-state index in [0.29, 0.717) is 11.7 Å². The number of amides is 1. The predicted octanol–water partition coefficient (Wildman–Crippen LogP) is 4.51.